The van der Waals surface area contributed by atoms with Gasteiger partial charge in [0.25, 0.3) is 0 Å². The molecule has 0 spiro atoms. The number of benzene rings is 2. The minimum Gasteiger partial charge on any atom is -1.00 e. The monoisotopic (exact) mass is 365 g/mol. The number of hydrogen-bond donors (Lipinski definition) is 0. The number of rotatable bonds is 1. The third-order valence-electron chi connectivity index (χ3n) is 4.47. The van der Waals surface area contributed by atoms with E-state index < -0.39 is 0 Å². The second kappa shape index (κ2) is 4.89. The zero-order valence-electron chi connectivity index (χ0n) is 12.0. The van der Waals surface area contributed by atoms with E-state index in [1.54, 1.807) is 0 Å². The maximum atomic E-state index is 2.47. The molecule has 100 valence electrons. The Kier molecular flexibility index (Phi) is 3.74. The summed E-state index contributed by atoms with van der Waals surface area (Å²) in [5, 5.41) is 2.71. The maximum absolute atomic E-state index is 2.47. The van der Waals surface area contributed by atoms with Gasteiger partial charge in [-0.1, -0.05) is 30.3 Å². The molecule has 2 aromatic rings. The predicted octanol–water partition coefficient (Wildman–Crippen LogP) is 1.26. The van der Waals surface area contributed by atoms with Crippen molar-refractivity contribution in [2.45, 2.75) is 33.1 Å². The molecule has 0 saturated carbocycles. The molecule has 0 bridgehead atoms. The van der Waals surface area contributed by atoms with Gasteiger partial charge in [-0.05, 0) is 32.2 Å². The highest BCUT2D eigenvalue weighted by atomic mass is 127. The predicted molar refractivity (Wildman–Crippen MR) is 78.1 cm³/mol. The van der Waals surface area contributed by atoms with Gasteiger partial charge in [0.15, 0.2) is 5.71 Å². The van der Waals surface area contributed by atoms with Crippen LogP contribution in [0.2, 0.25) is 0 Å². The minimum absolute atomic E-state index is 0. The lowest BCUT2D eigenvalue weighted by atomic mass is 9.81. The van der Waals surface area contributed by atoms with Gasteiger partial charge in [0.2, 0.25) is 5.69 Å². The highest BCUT2D eigenvalue weighted by molar-refractivity contribution is 6.01. The molecule has 1 heterocycles. The fourth-order valence-electron chi connectivity index (χ4n) is 3.15. The van der Waals surface area contributed by atoms with Gasteiger partial charge in [0, 0.05) is 12.5 Å². The van der Waals surface area contributed by atoms with Crippen LogP contribution >= 0.6 is 0 Å². The summed E-state index contributed by atoms with van der Waals surface area (Å²) in [5.41, 5.74) is 4.48. The van der Waals surface area contributed by atoms with Crippen LogP contribution in [0.15, 0.2) is 36.4 Å². The number of halogens is 1. The van der Waals surface area contributed by atoms with Crippen LogP contribution in [0.3, 0.4) is 0 Å². The minimum atomic E-state index is 0. The van der Waals surface area contributed by atoms with Crippen molar-refractivity contribution >= 4 is 22.2 Å². The first-order chi connectivity index (χ1) is 8.57. The van der Waals surface area contributed by atoms with E-state index in [1.807, 2.05) is 0 Å². The first-order valence-corrected chi connectivity index (χ1v) is 6.71. The van der Waals surface area contributed by atoms with E-state index in [-0.39, 0.29) is 29.4 Å². The van der Waals surface area contributed by atoms with Gasteiger partial charge in [-0.3, -0.25) is 0 Å². The molecule has 19 heavy (non-hydrogen) atoms. The third kappa shape index (κ3) is 1.92. The summed E-state index contributed by atoms with van der Waals surface area (Å²) >= 11 is 0. The van der Waals surface area contributed by atoms with Crippen LogP contribution in [0.25, 0.3) is 10.8 Å². The third-order valence-corrected chi connectivity index (χ3v) is 4.47. The van der Waals surface area contributed by atoms with Crippen molar-refractivity contribution in [3.05, 3.63) is 42.0 Å². The van der Waals surface area contributed by atoms with E-state index in [1.165, 1.54) is 27.7 Å². The van der Waals surface area contributed by atoms with Crippen LogP contribution in [0.4, 0.5) is 5.69 Å². The Morgan fingerprint density at radius 1 is 1.05 bits per heavy atom. The second-order valence-corrected chi connectivity index (χ2v) is 5.64. The first kappa shape index (κ1) is 14.5. The normalized spacial score (nSPS) is 16.4. The molecule has 0 fully saturated rings. The van der Waals surface area contributed by atoms with Crippen molar-refractivity contribution in [3.8, 4) is 0 Å². The van der Waals surface area contributed by atoms with Crippen LogP contribution in [0.1, 0.15) is 33.3 Å². The topological polar surface area (TPSA) is 3.01 Å². The van der Waals surface area contributed by atoms with Gasteiger partial charge >= 0.3 is 0 Å². The van der Waals surface area contributed by atoms with E-state index >= 15 is 0 Å². The Labute approximate surface area is 132 Å². The molecular formula is C17H20IN. The number of nitrogens with zero attached hydrogens (tertiary/aromatic N) is 1. The van der Waals surface area contributed by atoms with Crippen LogP contribution in [0, 0.1) is 0 Å². The molecule has 0 atom stereocenters. The Morgan fingerprint density at radius 2 is 1.74 bits per heavy atom. The molecule has 0 aromatic heterocycles. The molecule has 0 radical (unpaired) electrons. The molecule has 0 unspecified atom stereocenters. The second-order valence-electron chi connectivity index (χ2n) is 5.64. The zero-order valence-corrected chi connectivity index (χ0v) is 14.2. The van der Waals surface area contributed by atoms with Crippen molar-refractivity contribution in [2.75, 3.05) is 6.54 Å². The molecule has 1 nitrogen and oxygen atoms in total. The van der Waals surface area contributed by atoms with Gasteiger partial charge in [-0.2, -0.15) is 4.58 Å². The molecule has 0 aliphatic carbocycles. The molecule has 0 N–H and O–H groups in total. The lowest BCUT2D eigenvalue weighted by molar-refractivity contribution is -0.432. The Bertz CT molecular complexity index is 668. The molecule has 0 saturated heterocycles. The number of fused-ring (bicyclic) bond motifs is 3. The maximum Gasteiger partial charge on any atom is 0.217 e. The van der Waals surface area contributed by atoms with Gasteiger partial charge in [0.1, 0.15) is 6.54 Å². The fourth-order valence-corrected chi connectivity index (χ4v) is 3.15. The molecule has 1 aliphatic rings. The largest absolute Gasteiger partial charge is 1.00 e. The lowest BCUT2D eigenvalue weighted by Gasteiger charge is -2.15. The summed E-state index contributed by atoms with van der Waals surface area (Å²) in [5.74, 6) is 0. The number of hydrogen-bond acceptors (Lipinski definition) is 0. The van der Waals surface area contributed by atoms with Crippen LogP contribution in [-0.2, 0) is 5.41 Å². The summed E-state index contributed by atoms with van der Waals surface area (Å²) < 4.78 is 2.47. The summed E-state index contributed by atoms with van der Waals surface area (Å²) in [4.78, 5) is 0. The molecule has 3 rings (SSSR count). The first-order valence-electron chi connectivity index (χ1n) is 6.71. The fraction of sp³-hybridized carbons (Fsp3) is 0.353. The van der Waals surface area contributed by atoms with Crippen molar-refractivity contribution in [3.63, 3.8) is 0 Å². The van der Waals surface area contributed by atoms with Crippen LogP contribution < -0.4 is 24.0 Å². The smallest absolute Gasteiger partial charge is 0.217 e. The molecule has 0 amide bonds. The highest BCUT2D eigenvalue weighted by Gasteiger charge is 2.43. The van der Waals surface area contributed by atoms with Crippen molar-refractivity contribution in [2.24, 2.45) is 0 Å². The average molecular weight is 365 g/mol. The highest BCUT2D eigenvalue weighted by Crippen LogP contribution is 2.43. The zero-order chi connectivity index (χ0) is 12.9. The molecule has 2 heteroatoms. The molecule has 2 aromatic carbocycles. The van der Waals surface area contributed by atoms with Crippen molar-refractivity contribution < 1.29 is 28.6 Å². The van der Waals surface area contributed by atoms with E-state index in [2.05, 4.69) is 68.7 Å². The van der Waals surface area contributed by atoms with Gasteiger partial charge in [-0.25, -0.2) is 0 Å². The summed E-state index contributed by atoms with van der Waals surface area (Å²) in [6, 6.07) is 13.2. The molecular weight excluding hydrogens is 345 g/mol. The standard InChI is InChI=1S/C17H20N.HI/c1-5-18-12(2)17(3,4)15-11-10-13-8-6-7-9-14(13)16(15)18;/h6-11H,5H2,1-4H3;1H/q+1;/p-1. The van der Waals surface area contributed by atoms with Crippen molar-refractivity contribution in [1.29, 1.82) is 0 Å². The Balaban J connectivity index is 0.00000133. The summed E-state index contributed by atoms with van der Waals surface area (Å²) in [6.07, 6.45) is 0. The summed E-state index contributed by atoms with van der Waals surface area (Å²) in [7, 11) is 0. The van der Waals surface area contributed by atoms with E-state index in [4.69, 9.17) is 0 Å². The average Bonchev–Trinajstić information content (AvgIpc) is 2.58. The SMILES string of the molecule is CC[N+]1=C(C)C(C)(C)c2ccc3ccccc3c21.[I-]. The lowest BCUT2D eigenvalue weighted by Crippen LogP contribution is -3.00. The Morgan fingerprint density at radius 3 is 2.42 bits per heavy atom. The van der Waals surface area contributed by atoms with E-state index in [9.17, 15) is 0 Å². The summed E-state index contributed by atoms with van der Waals surface area (Å²) in [6.45, 7) is 10.2. The van der Waals surface area contributed by atoms with Crippen molar-refractivity contribution in [1.82, 2.24) is 0 Å². The Hall–Kier alpha value is -0.900. The quantitative estimate of drug-likeness (QED) is 0.529. The van der Waals surface area contributed by atoms with Gasteiger partial charge in [-0.15, -0.1) is 0 Å². The van der Waals surface area contributed by atoms with Crippen LogP contribution in [0.5, 0.6) is 0 Å². The van der Waals surface area contributed by atoms with Crippen LogP contribution in [-0.4, -0.2) is 16.8 Å². The van der Waals surface area contributed by atoms with Gasteiger partial charge < -0.3 is 24.0 Å². The molecule has 1 aliphatic heterocycles. The van der Waals surface area contributed by atoms with E-state index in [0.29, 0.717) is 0 Å². The van der Waals surface area contributed by atoms with E-state index in [0.717, 1.165) is 6.54 Å². The van der Waals surface area contributed by atoms with Gasteiger partial charge in [0.05, 0.1) is 10.8 Å².